The van der Waals surface area contributed by atoms with Crippen molar-refractivity contribution in [2.45, 2.75) is 50.4 Å². The Hall–Kier alpha value is -9.62. The number of H-pyrrole nitrogens is 3. The molecule has 0 radical (unpaired) electrons. The molecule has 1 aliphatic heterocycles. The minimum atomic E-state index is -1.06. The molecule has 6 heterocycles. The van der Waals surface area contributed by atoms with Crippen LogP contribution in [0.5, 0.6) is 34.5 Å². The van der Waals surface area contributed by atoms with Gasteiger partial charge in [-0.25, -0.2) is 19.2 Å². The van der Waals surface area contributed by atoms with Crippen LogP contribution in [0, 0.1) is 0 Å². The molecule has 18 heteroatoms. The maximum Gasteiger partial charge on any atom is 0.361 e. The summed E-state index contributed by atoms with van der Waals surface area (Å²) >= 11 is 0. The summed E-state index contributed by atoms with van der Waals surface area (Å²) in [6.45, 7) is 0.289. The third-order valence-electron chi connectivity index (χ3n) is 14.8. The number of nitrogens with zero attached hydrogens (tertiary/aromatic N) is 1. The van der Waals surface area contributed by atoms with Crippen molar-refractivity contribution < 1.29 is 47.2 Å². The van der Waals surface area contributed by atoms with E-state index >= 15 is 0 Å². The van der Waals surface area contributed by atoms with Crippen molar-refractivity contribution >= 4 is 72.5 Å². The van der Waals surface area contributed by atoms with Gasteiger partial charge in [0.15, 0.2) is 34.5 Å². The van der Waals surface area contributed by atoms with Crippen molar-refractivity contribution in [1.82, 2.24) is 19.5 Å². The molecule has 18 nitrogen and oxygen atoms in total. The molecule has 6 aromatic carbocycles. The quantitative estimate of drug-likeness (QED) is 0.0301. The normalized spacial score (nSPS) is 13.3. The Balaban J connectivity index is 0.940. The Labute approximate surface area is 449 Å². The number of aryl methyl sites for hydroxylation is 2. The van der Waals surface area contributed by atoms with Gasteiger partial charge >= 0.3 is 23.5 Å². The minimum Gasteiger partial charge on any atom is -0.493 e. The Morgan fingerprint density at radius 3 is 1.54 bits per heavy atom. The topological polar surface area (TPSA) is 267 Å². The van der Waals surface area contributed by atoms with Gasteiger partial charge < -0.3 is 69.6 Å². The standard InChI is InChI=1S/C61H53N7O11/c1-73-49-24-32(16-17-47(49)76-58(69)41(62)20-33-28-65-44-13-7-4-10-36(33)44)54-55-40-26-51(75-3)53(79-60(71)43(64)22-35-30-67-46-15-9-6-12-38(35)46)27-48(40)77-61(72)57(55)68-19-18-31-23-52(50(74-2)25-39(31)56(54)68)78-59(70)42(63)21-34-29-66-45-14-8-5-11-37(34)45/h4-17,23-30,41-43,65-67H,18-22,62-64H2,1-3H3/t41-,42-,43-/m0/s1. The van der Waals surface area contributed by atoms with E-state index in [1.807, 2.05) is 96.0 Å². The molecule has 0 amide bonds. The monoisotopic (exact) mass is 1060 g/mol. The second-order valence-corrected chi connectivity index (χ2v) is 19.5. The third kappa shape index (κ3) is 9.06. The maximum atomic E-state index is 14.7. The molecule has 0 unspecified atom stereocenters. The number of methoxy groups -OCH3 is 3. The lowest BCUT2D eigenvalue weighted by atomic mass is 9.91. The van der Waals surface area contributed by atoms with Crippen LogP contribution in [-0.4, -0.2) is 76.9 Å². The summed E-state index contributed by atoms with van der Waals surface area (Å²) in [4.78, 5) is 65.5. The van der Waals surface area contributed by atoms with Crippen LogP contribution in [0.3, 0.4) is 0 Å². The van der Waals surface area contributed by atoms with Crippen LogP contribution in [0.1, 0.15) is 22.3 Å². The summed E-state index contributed by atoms with van der Waals surface area (Å²) in [5.41, 5.74) is 27.5. The number of aromatic amines is 3. The van der Waals surface area contributed by atoms with E-state index in [2.05, 4.69) is 15.0 Å². The Morgan fingerprint density at radius 1 is 0.557 bits per heavy atom. The molecule has 0 spiro atoms. The molecule has 0 aliphatic carbocycles. The lowest BCUT2D eigenvalue weighted by Crippen LogP contribution is -2.36. The van der Waals surface area contributed by atoms with Crippen molar-refractivity contribution in [3.8, 4) is 56.9 Å². The van der Waals surface area contributed by atoms with Gasteiger partial charge in [-0.15, -0.1) is 0 Å². The maximum absolute atomic E-state index is 14.7. The fraction of sp³-hybridized carbons (Fsp3) is 0.180. The summed E-state index contributed by atoms with van der Waals surface area (Å²) in [6.07, 6.45) is 6.50. The molecule has 0 saturated carbocycles. The summed E-state index contributed by atoms with van der Waals surface area (Å²) in [5, 5.41) is 3.74. The highest BCUT2D eigenvalue weighted by Gasteiger charge is 2.33. The number of esters is 3. The van der Waals surface area contributed by atoms with Gasteiger partial charge in [-0.3, -0.25) is 0 Å². The number of fused-ring (bicyclic) bond motifs is 10. The van der Waals surface area contributed by atoms with E-state index in [4.69, 9.17) is 50.0 Å². The van der Waals surface area contributed by atoms with E-state index in [0.29, 0.717) is 39.6 Å². The Morgan fingerprint density at radius 2 is 1.03 bits per heavy atom. The van der Waals surface area contributed by atoms with E-state index in [0.717, 1.165) is 55.0 Å². The first kappa shape index (κ1) is 50.2. The van der Waals surface area contributed by atoms with Gasteiger partial charge in [0.25, 0.3) is 0 Å². The predicted octanol–water partition coefficient (Wildman–Crippen LogP) is 8.53. The Bertz CT molecular complexity index is 4300. The second-order valence-electron chi connectivity index (χ2n) is 19.5. The molecule has 3 atom stereocenters. The molecule has 12 rings (SSSR count). The first-order valence-electron chi connectivity index (χ1n) is 25.6. The second kappa shape index (κ2) is 20.4. The molecule has 0 bridgehead atoms. The van der Waals surface area contributed by atoms with Gasteiger partial charge in [0.2, 0.25) is 0 Å². The number of hydrogen-bond acceptors (Lipinski definition) is 14. The van der Waals surface area contributed by atoms with Crippen molar-refractivity contribution in [3.63, 3.8) is 0 Å². The van der Waals surface area contributed by atoms with Gasteiger partial charge in [0, 0.05) is 105 Å². The van der Waals surface area contributed by atoms with Crippen LogP contribution in [0.25, 0.3) is 77.0 Å². The fourth-order valence-corrected chi connectivity index (χ4v) is 10.9. The molecule has 0 saturated heterocycles. The van der Waals surface area contributed by atoms with E-state index in [9.17, 15) is 19.2 Å². The Kier molecular flexibility index (Phi) is 13.0. The van der Waals surface area contributed by atoms with Crippen molar-refractivity contribution in [2.24, 2.45) is 17.2 Å². The van der Waals surface area contributed by atoms with E-state index in [-0.39, 0.29) is 71.4 Å². The molecule has 79 heavy (non-hydrogen) atoms. The number of aromatic nitrogens is 4. The number of nitrogens with two attached hydrogens (primary N) is 3. The molecular weight excluding hydrogens is 1010 g/mol. The molecular formula is C61H53N7O11. The van der Waals surface area contributed by atoms with Gasteiger partial charge in [-0.2, -0.15) is 0 Å². The highest BCUT2D eigenvalue weighted by molar-refractivity contribution is 6.17. The SMILES string of the molecule is COc1cc(-c2c3n(c4c(=O)oc5cc(OC(=O)[C@@H](N)Cc6c[nH]c7ccccc67)c(OC)cc5c24)CCc2cc(OC(=O)[C@@H](N)Cc4c[nH]c5ccccc45)c(OC)cc2-3)ccc1OC(=O)[C@@H](N)Cc1c[nH]c2ccccc12. The van der Waals surface area contributed by atoms with Crippen molar-refractivity contribution in [1.29, 1.82) is 0 Å². The van der Waals surface area contributed by atoms with Gasteiger partial charge in [-0.1, -0.05) is 60.7 Å². The van der Waals surface area contributed by atoms with Crippen molar-refractivity contribution in [2.75, 3.05) is 21.3 Å². The molecule has 0 fully saturated rings. The van der Waals surface area contributed by atoms with Crippen LogP contribution in [0.2, 0.25) is 0 Å². The molecule has 11 aromatic rings. The van der Waals surface area contributed by atoms with Gasteiger partial charge in [-0.05, 0) is 82.8 Å². The number of hydrogen-bond donors (Lipinski definition) is 6. The summed E-state index contributed by atoms with van der Waals surface area (Å²) < 4.78 is 43.6. The van der Waals surface area contributed by atoms with Crippen LogP contribution in [-0.2, 0) is 46.6 Å². The first-order valence-corrected chi connectivity index (χ1v) is 25.6. The number of carbonyl (C=O) groups excluding carboxylic acids is 3. The summed E-state index contributed by atoms with van der Waals surface area (Å²) in [7, 11) is 4.36. The number of nitrogens with one attached hydrogen (secondary N) is 3. The molecule has 1 aliphatic rings. The predicted molar refractivity (Wildman–Crippen MR) is 299 cm³/mol. The van der Waals surface area contributed by atoms with Crippen LogP contribution >= 0.6 is 0 Å². The minimum absolute atomic E-state index is 0.0172. The smallest absolute Gasteiger partial charge is 0.361 e. The fourth-order valence-electron chi connectivity index (χ4n) is 10.9. The number of benzene rings is 6. The number of para-hydroxylation sites is 3. The zero-order valence-corrected chi connectivity index (χ0v) is 43.1. The molecule has 398 valence electrons. The molecule has 5 aromatic heterocycles. The zero-order chi connectivity index (χ0) is 54.6. The van der Waals surface area contributed by atoms with Crippen molar-refractivity contribution in [3.05, 3.63) is 167 Å². The van der Waals surface area contributed by atoms with E-state index in [1.165, 1.54) is 27.4 Å². The van der Waals surface area contributed by atoms with Gasteiger partial charge in [0.1, 0.15) is 29.2 Å². The largest absolute Gasteiger partial charge is 0.493 e. The average molecular weight is 1060 g/mol. The lowest BCUT2D eigenvalue weighted by Gasteiger charge is -2.23. The van der Waals surface area contributed by atoms with Crippen LogP contribution in [0.4, 0.5) is 0 Å². The van der Waals surface area contributed by atoms with E-state index in [1.54, 1.807) is 36.4 Å². The summed E-state index contributed by atoms with van der Waals surface area (Å²) in [6, 6.07) is 31.8. The number of carbonyl (C=O) groups is 3. The number of rotatable bonds is 16. The summed E-state index contributed by atoms with van der Waals surface area (Å²) in [5.74, 6) is -1.22. The number of ether oxygens (including phenoxy) is 6. The highest BCUT2D eigenvalue weighted by atomic mass is 16.6. The third-order valence-corrected chi connectivity index (χ3v) is 14.8. The molecule has 9 N–H and O–H groups in total. The van der Waals surface area contributed by atoms with Crippen LogP contribution < -0.4 is 51.2 Å². The average Bonchev–Trinajstić information content (AvgIpc) is 4.47. The zero-order valence-electron chi connectivity index (χ0n) is 43.1. The lowest BCUT2D eigenvalue weighted by molar-refractivity contribution is -0.136. The van der Waals surface area contributed by atoms with Gasteiger partial charge in [0.05, 0.1) is 27.0 Å². The highest BCUT2D eigenvalue weighted by Crippen LogP contribution is 2.50. The van der Waals surface area contributed by atoms with E-state index < -0.39 is 41.7 Å². The van der Waals surface area contributed by atoms with Crippen LogP contribution in [0.15, 0.2) is 143 Å². The first-order chi connectivity index (χ1) is 38.4.